The van der Waals surface area contributed by atoms with Crippen molar-refractivity contribution in [2.45, 2.75) is 5.16 Å². The molecule has 9 nitrogen and oxygen atoms in total. The number of rotatable bonds is 7. The lowest BCUT2D eigenvalue weighted by atomic mass is 10.1. The summed E-state index contributed by atoms with van der Waals surface area (Å²) in [5.41, 5.74) is 5.82. The molecule has 2 heterocycles. The van der Waals surface area contributed by atoms with Gasteiger partial charge >= 0.3 is 0 Å². The summed E-state index contributed by atoms with van der Waals surface area (Å²) < 4.78 is 1.54. The van der Waals surface area contributed by atoms with Crippen molar-refractivity contribution in [1.82, 2.24) is 35.8 Å². The van der Waals surface area contributed by atoms with E-state index in [4.69, 9.17) is 11.6 Å². The summed E-state index contributed by atoms with van der Waals surface area (Å²) in [5.74, 6) is -0.186. The molecule has 11 heteroatoms. The van der Waals surface area contributed by atoms with Gasteiger partial charge in [-0.2, -0.15) is 14.9 Å². The molecule has 2 aromatic heterocycles. The number of H-pyrrole nitrogens is 1. The number of aromatic nitrogens is 6. The van der Waals surface area contributed by atoms with Gasteiger partial charge in [-0.1, -0.05) is 53.7 Å². The second kappa shape index (κ2) is 9.33. The van der Waals surface area contributed by atoms with Crippen molar-refractivity contribution < 1.29 is 4.79 Å². The first-order chi connectivity index (χ1) is 14.7. The van der Waals surface area contributed by atoms with Crippen LogP contribution in [0.3, 0.4) is 0 Å². The van der Waals surface area contributed by atoms with E-state index in [9.17, 15) is 4.79 Å². The molecule has 0 aliphatic rings. The van der Waals surface area contributed by atoms with E-state index in [0.29, 0.717) is 10.2 Å². The molecule has 0 aliphatic heterocycles. The third kappa shape index (κ3) is 4.73. The van der Waals surface area contributed by atoms with Crippen LogP contribution in [0, 0.1) is 0 Å². The molecular formula is C19H15ClN8OS. The molecule has 150 valence electrons. The zero-order valence-corrected chi connectivity index (χ0v) is 17.0. The predicted octanol–water partition coefficient (Wildman–Crippen LogP) is 2.95. The van der Waals surface area contributed by atoms with Crippen molar-refractivity contribution in [2.24, 2.45) is 5.10 Å². The van der Waals surface area contributed by atoms with Gasteiger partial charge in [-0.3, -0.25) is 9.89 Å². The zero-order valence-electron chi connectivity index (χ0n) is 15.4. The molecule has 0 saturated heterocycles. The third-order valence-corrected chi connectivity index (χ3v) is 5.14. The molecule has 2 N–H and O–H groups in total. The first-order valence-electron chi connectivity index (χ1n) is 8.78. The average Bonchev–Trinajstić information content (AvgIpc) is 3.43. The Morgan fingerprint density at radius 2 is 2.00 bits per heavy atom. The molecule has 0 spiro atoms. The molecule has 0 aliphatic carbocycles. The number of nitrogens with zero attached hydrogens (tertiary/aromatic N) is 6. The van der Waals surface area contributed by atoms with Crippen LogP contribution in [0.4, 0.5) is 0 Å². The third-order valence-electron chi connectivity index (χ3n) is 3.97. The Kier molecular flexibility index (Phi) is 6.16. The van der Waals surface area contributed by atoms with Gasteiger partial charge in [0.15, 0.2) is 0 Å². The van der Waals surface area contributed by atoms with Gasteiger partial charge in [-0.15, -0.1) is 5.10 Å². The van der Waals surface area contributed by atoms with Gasteiger partial charge in [0.05, 0.1) is 29.5 Å². The van der Waals surface area contributed by atoms with Crippen LogP contribution < -0.4 is 5.43 Å². The molecule has 0 radical (unpaired) electrons. The first-order valence-corrected chi connectivity index (χ1v) is 10.1. The van der Waals surface area contributed by atoms with E-state index in [-0.39, 0.29) is 11.7 Å². The van der Waals surface area contributed by atoms with Crippen LogP contribution in [-0.2, 0) is 4.79 Å². The fourth-order valence-electron chi connectivity index (χ4n) is 2.58. The van der Waals surface area contributed by atoms with Crippen molar-refractivity contribution in [2.75, 3.05) is 5.75 Å². The summed E-state index contributed by atoms with van der Waals surface area (Å²) in [6.07, 6.45) is 3.19. The highest BCUT2D eigenvalue weighted by Crippen LogP contribution is 2.20. The average molecular weight is 439 g/mol. The highest BCUT2D eigenvalue weighted by Gasteiger charge is 2.11. The van der Waals surface area contributed by atoms with Crippen molar-refractivity contribution in [3.8, 4) is 16.9 Å². The Labute approximate surface area is 180 Å². The van der Waals surface area contributed by atoms with Crippen molar-refractivity contribution in [3.63, 3.8) is 0 Å². The molecule has 0 fully saturated rings. The van der Waals surface area contributed by atoms with Crippen LogP contribution in [0.2, 0.25) is 5.02 Å². The number of hydrogen-bond donors (Lipinski definition) is 2. The summed E-state index contributed by atoms with van der Waals surface area (Å²) >= 11 is 7.11. The topological polar surface area (TPSA) is 114 Å². The SMILES string of the molecule is O=C(CSc1nnnn1-c1ccc(Cl)cc1)N/N=C/c1cn[nH]c1-c1ccccc1. The number of carbonyl (C=O) groups excluding carboxylic acids is 1. The van der Waals surface area contributed by atoms with Crippen LogP contribution in [0.5, 0.6) is 0 Å². The van der Waals surface area contributed by atoms with Crippen molar-refractivity contribution in [3.05, 3.63) is 71.4 Å². The fourth-order valence-corrected chi connectivity index (χ4v) is 3.39. The smallest absolute Gasteiger partial charge is 0.250 e. The predicted molar refractivity (Wildman–Crippen MR) is 115 cm³/mol. The number of benzene rings is 2. The maximum absolute atomic E-state index is 12.1. The molecule has 4 aromatic rings. The van der Waals surface area contributed by atoms with Gasteiger partial charge in [0.1, 0.15) is 0 Å². The molecule has 30 heavy (non-hydrogen) atoms. The van der Waals surface area contributed by atoms with Gasteiger partial charge in [0, 0.05) is 16.1 Å². The molecule has 0 atom stereocenters. The largest absolute Gasteiger partial charge is 0.277 e. The second-order valence-electron chi connectivity index (χ2n) is 6.00. The normalized spacial score (nSPS) is 11.1. The number of halogens is 1. The van der Waals surface area contributed by atoms with Gasteiger partial charge in [-0.25, -0.2) is 5.43 Å². The Hall–Kier alpha value is -3.50. The Balaban J connectivity index is 1.34. The van der Waals surface area contributed by atoms with E-state index < -0.39 is 0 Å². The molecule has 0 unspecified atom stereocenters. The van der Waals surface area contributed by atoms with E-state index in [1.807, 2.05) is 30.3 Å². The summed E-state index contributed by atoms with van der Waals surface area (Å²) in [7, 11) is 0. The summed E-state index contributed by atoms with van der Waals surface area (Å²) in [5, 5.41) is 23.7. The Morgan fingerprint density at radius 3 is 2.80 bits per heavy atom. The number of aromatic amines is 1. The molecule has 1 amide bonds. The monoisotopic (exact) mass is 438 g/mol. The maximum Gasteiger partial charge on any atom is 0.250 e. The molecule has 0 bridgehead atoms. The van der Waals surface area contributed by atoms with E-state index in [1.165, 1.54) is 16.4 Å². The number of nitrogens with one attached hydrogen (secondary N) is 2. The van der Waals surface area contributed by atoms with Crippen LogP contribution in [-0.4, -0.2) is 48.3 Å². The highest BCUT2D eigenvalue weighted by molar-refractivity contribution is 7.99. The Morgan fingerprint density at radius 1 is 1.20 bits per heavy atom. The first kappa shape index (κ1) is 19.8. The van der Waals surface area contributed by atoms with Gasteiger partial charge in [0.2, 0.25) is 5.16 Å². The van der Waals surface area contributed by atoms with E-state index in [2.05, 4.69) is 36.3 Å². The molecule has 0 saturated carbocycles. The standard InChI is InChI=1S/C19H15ClN8OS/c20-15-6-8-16(9-7-15)28-19(25-26-27-28)30-12-17(29)23-21-10-14-11-22-24-18(14)13-4-2-1-3-5-13/h1-11H,12H2,(H,22,24)(H,23,29)/b21-10+. The minimum absolute atomic E-state index is 0.0994. The summed E-state index contributed by atoms with van der Waals surface area (Å²) in [4.78, 5) is 12.1. The number of thioether (sulfide) groups is 1. The maximum atomic E-state index is 12.1. The minimum Gasteiger partial charge on any atom is -0.277 e. The summed E-state index contributed by atoms with van der Waals surface area (Å²) in [6, 6.07) is 16.8. The van der Waals surface area contributed by atoms with Gasteiger partial charge in [0.25, 0.3) is 5.91 Å². The number of tetrazole rings is 1. The number of hydrazone groups is 1. The van der Waals surface area contributed by atoms with Crippen LogP contribution in [0.1, 0.15) is 5.56 Å². The quantitative estimate of drug-likeness (QED) is 0.260. The van der Waals surface area contributed by atoms with Gasteiger partial charge in [-0.05, 0) is 34.7 Å². The van der Waals surface area contributed by atoms with Crippen molar-refractivity contribution >= 4 is 35.5 Å². The minimum atomic E-state index is -0.285. The van der Waals surface area contributed by atoms with Crippen LogP contribution in [0.15, 0.2) is 71.1 Å². The lowest BCUT2D eigenvalue weighted by Crippen LogP contribution is -2.20. The fraction of sp³-hybridized carbons (Fsp3) is 0.0526. The molecule has 4 rings (SSSR count). The van der Waals surface area contributed by atoms with Crippen LogP contribution in [0.25, 0.3) is 16.9 Å². The zero-order chi connectivity index (χ0) is 20.8. The van der Waals surface area contributed by atoms with Gasteiger partial charge < -0.3 is 0 Å². The second-order valence-corrected chi connectivity index (χ2v) is 7.38. The van der Waals surface area contributed by atoms with E-state index in [1.54, 1.807) is 36.7 Å². The van der Waals surface area contributed by atoms with Crippen LogP contribution >= 0.6 is 23.4 Å². The number of carbonyl (C=O) groups is 1. The van der Waals surface area contributed by atoms with E-state index in [0.717, 1.165) is 22.5 Å². The Bertz CT molecular complexity index is 1160. The number of amides is 1. The molecular weight excluding hydrogens is 424 g/mol. The molecule has 2 aromatic carbocycles. The summed E-state index contributed by atoms with van der Waals surface area (Å²) in [6.45, 7) is 0. The number of hydrogen-bond acceptors (Lipinski definition) is 7. The van der Waals surface area contributed by atoms with E-state index >= 15 is 0 Å². The lowest BCUT2D eigenvalue weighted by molar-refractivity contribution is -0.118. The highest BCUT2D eigenvalue weighted by atomic mass is 35.5. The lowest BCUT2D eigenvalue weighted by Gasteiger charge is -2.04. The van der Waals surface area contributed by atoms with Crippen molar-refractivity contribution in [1.29, 1.82) is 0 Å².